The Bertz CT molecular complexity index is 351. The molecule has 0 aromatic carbocycles. The van der Waals surface area contributed by atoms with E-state index in [-0.39, 0.29) is 11.5 Å². The van der Waals surface area contributed by atoms with Crippen LogP contribution in [0.4, 0.5) is 0 Å². The summed E-state index contributed by atoms with van der Waals surface area (Å²) >= 11 is 0.653. The predicted molar refractivity (Wildman–Crippen MR) is 62.0 cm³/mol. The average molecular weight is 276 g/mol. The van der Waals surface area contributed by atoms with Crippen molar-refractivity contribution < 1.29 is 16.8 Å². The summed E-state index contributed by atoms with van der Waals surface area (Å²) in [6.45, 7) is 3.00. The summed E-state index contributed by atoms with van der Waals surface area (Å²) in [5.41, 5.74) is 0. The molecule has 0 radical (unpaired) electrons. The zero-order valence-electron chi connectivity index (χ0n) is 9.17. The fourth-order valence-corrected chi connectivity index (χ4v) is 3.85. The van der Waals surface area contributed by atoms with E-state index in [2.05, 4.69) is 0 Å². The lowest BCUT2D eigenvalue weighted by Gasteiger charge is -2.20. The molecule has 0 fully saturated rings. The van der Waals surface area contributed by atoms with Crippen molar-refractivity contribution in [3.8, 4) is 0 Å². The first kappa shape index (κ1) is 15.2. The Morgan fingerprint density at radius 1 is 0.867 bits per heavy atom. The molecule has 0 saturated carbocycles. The smallest absolute Gasteiger partial charge is 0.211 e. The van der Waals surface area contributed by atoms with Crippen molar-refractivity contribution in [2.24, 2.45) is 0 Å². The molecular weight excluding hydrogens is 260 g/mol. The van der Waals surface area contributed by atoms with Gasteiger partial charge >= 0.3 is 0 Å². The second kappa shape index (κ2) is 5.48. The van der Waals surface area contributed by atoms with E-state index in [0.29, 0.717) is 12.1 Å². The van der Waals surface area contributed by atoms with Crippen LogP contribution in [-0.2, 0) is 20.0 Å². The Balaban J connectivity index is 4.65. The maximum absolute atomic E-state index is 11.3. The summed E-state index contributed by atoms with van der Waals surface area (Å²) in [5, 5.41) is 0. The maximum atomic E-state index is 11.3. The summed E-state index contributed by atoms with van der Waals surface area (Å²) < 4.78 is 47.2. The van der Waals surface area contributed by atoms with E-state index in [0.717, 1.165) is 7.42 Å². The van der Waals surface area contributed by atoms with Crippen molar-refractivity contribution in [3.05, 3.63) is 0 Å². The molecule has 15 heavy (non-hydrogen) atoms. The monoisotopic (exact) mass is 276 g/mol. The highest BCUT2D eigenvalue weighted by molar-refractivity contribution is 8.13. The summed E-state index contributed by atoms with van der Waals surface area (Å²) in [6.07, 6.45) is 0. The molecule has 0 aromatic heterocycles. The molecule has 0 atom stereocenters. The molecule has 0 rings (SSSR count). The third-order valence-electron chi connectivity index (χ3n) is 1.74. The Labute approximate surface area is 96.0 Å². The minimum Gasteiger partial charge on any atom is -0.211 e. The van der Waals surface area contributed by atoms with Crippen LogP contribution in [0.1, 0.15) is 13.8 Å². The van der Waals surface area contributed by atoms with Gasteiger partial charge in [-0.05, 0) is 13.8 Å². The fraction of sp³-hybridized carbons (Fsp3) is 1.00. The molecule has 0 bridgehead atoms. The van der Waals surface area contributed by atoms with Gasteiger partial charge in [-0.2, -0.15) is 0 Å². The van der Waals surface area contributed by atoms with Gasteiger partial charge in [0.1, 0.15) is 0 Å². The molecule has 0 N–H and O–H groups in total. The Hall–Kier alpha value is 0.170. The first-order valence-electron chi connectivity index (χ1n) is 4.28. The Kier molecular flexibility index (Phi) is 5.55. The zero-order valence-corrected chi connectivity index (χ0v) is 11.6. The molecule has 92 valence electrons. The van der Waals surface area contributed by atoms with Crippen molar-refractivity contribution in [3.63, 3.8) is 0 Å². The standard InChI is InChI=1S/C6H16N2O4S3/c1-5-14(9,10)7(3)13-8(4)15(11,12)6-2/h5-6H2,1-4H3. The lowest BCUT2D eigenvalue weighted by Crippen LogP contribution is -2.30. The normalized spacial score (nSPS) is 13.7. The van der Waals surface area contributed by atoms with Crippen LogP contribution in [-0.4, -0.2) is 49.9 Å². The van der Waals surface area contributed by atoms with Crippen LogP contribution in [0.3, 0.4) is 0 Å². The molecule has 0 saturated heterocycles. The summed E-state index contributed by atoms with van der Waals surface area (Å²) in [5.74, 6) is -0.118. The lowest BCUT2D eigenvalue weighted by atomic mass is 11.0. The molecular formula is C6H16N2O4S3. The molecule has 0 unspecified atom stereocenters. The van der Waals surface area contributed by atoms with Gasteiger partial charge in [-0.3, -0.25) is 0 Å². The second-order valence-corrected chi connectivity index (χ2v) is 9.00. The van der Waals surface area contributed by atoms with Gasteiger partial charge < -0.3 is 0 Å². The second-order valence-electron chi connectivity index (χ2n) is 2.70. The Morgan fingerprint density at radius 3 is 1.33 bits per heavy atom. The van der Waals surface area contributed by atoms with Gasteiger partial charge in [-0.1, -0.05) is 0 Å². The van der Waals surface area contributed by atoms with Gasteiger partial charge in [-0.15, -0.1) is 7.42 Å². The minimum atomic E-state index is -3.37. The molecule has 0 aliphatic heterocycles. The van der Waals surface area contributed by atoms with Gasteiger partial charge in [0.2, 0.25) is 20.0 Å². The maximum Gasteiger partial charge on any atom is 0.223 e. The molecule has 0 aromatic rings. The Morgan fingerprint density at radius 2 is 1.13 bits per heavy atom. The number of nitrogens with zero attached hydrogens (tertiary/aromatic N) is 2. The first-order valence-corrected chi connectivity index (χ1v) is 8.23. The van der Waals surface area contributed by atoms with E-state index in [4.69, 9.17) is 0 Å². The van der Waals surface area contributed by atoms with Gasteiger partial charge in [0.25, 0.3) is 0 Å². The van der Waals surface area contributed by atoms with Crippen molar-refractivity contribution in [2.75, 3.05) is 25.6 Å². The molecule has 0 aliphatic carbocycles. The molecule has 0 amide bonds. The van der Waals surface area contributed by atoms with Crippen molar-refractivity contribution in [1.82, 2.24) is 7.42 Å². The average Bonchev–Trinajstić information content (AvgIpc) is 2.17. The highest BCUT2D eigenvalue weighted by Gasteiger charge is 2.23. The highest BCUT2D eigenvalue weighted by Crippen LogP contribution is 2.19. The zero-order chi connectivity index (χ0) is 12.3. The van der Waals surface area contributed by atoms with E-state index in [1.165, 1.54) is 27.9 Å². The predicted octanol–water partition coefficient (Wildman–Crippen LogP) is 0.113. The molecule has 0 spiro atoms. The van der Waals surface area contributed by atoms with Gasteiger partial charge in [0.15, 0.2) is 0 Å². The van der Waals surface area contributed by atoms with Crippen LogP contribution in [0.5, 0.6) is 0 Å². The van der Waals surface area contributed by atoms with Crippen LogP contribution in [0.15, 0.2) is 0 Å². The lowest BCUT2D eigenvalue weighted by molar-refractivity contribution is 0.553. The first-order chi connectivity index (χ1) is 6.67. The van der Waals surface area contributed by atoms with Crippen LogP contribution in [0, 0.1) is 0 Å². The fourth-order valence-electron chi connectivity index (χ4n) is 0.627. The molecule has 0 aliphatic rings. The highest BCUT2D eigenvalue weighted by atomic mass is 32.3. The molecule has 0 heterocycles. The van der Waals surface area contributed by atoms with E-state index in [9.17, 15) is 16.8 Å². The number of sulfonamides is 2. The number of rotatable bonds is 6. The quantitative estimate of drug-likeness (QED) is 0.644. The molecule has 6 nitrogen and oxygen atoms in total. The van der Waals surface area contributed by atoms with E-state index in [1.807, 2.05) is 0 Å². The van der Waals surface area contributed by atoms with Gasteiger partial charge in [-0.25, -0.2) is 16.8 Å². The van der Waals surface area contributed by atoms with Crippen LogP contribution in [0.2, 0.25) is 0 Å². The van der Waals surface area contributed by atoms with Crippen molar-refractivity contribution in [1.29, 1.82) is 0 Å². The largest absolute Gasteiger partial charge is 0.223 e. The SMILES string of the molecule is CCS(=O)(=O)N(C)SN(C)S(=O)(=O)CC. The van der Waals surface area contributed by atoms with Crippen LogP contribution >= 0.6 is 12.1 Å². The van der Waals surface area contributed by atoms with Crippen LogP contribution in [0.25, 0.3) is 0 Å². The molecule has 9 heteroatoms. The van der Waals surface area contributed by atoms with E-state index < -0.39 is 20.0 Å². The van der Waals surface area contributed by atoms with Gasteiger partial charge in [0.05, 0.1) is 11.5 Å². The summed E-state index contributed by atoms with van der Waals surface area (Å²) in [4.78, 5) is 0. The number of hydrogen-bond acceptors (Lipinski definition) is 5. The minimum absolute atomic E-state index is 0.0590. The van der Waals surface area contributed by atoms with Crippen LogP contribution < -0.4 is 0 Å². The summed E-state index contributed by atoms with van der Waals surface area (Å²) in [6, 6.07) is 0. The van der Waals surface area contributed by atoms with Crippen molar-refractivity contribution in [2.45, 2.75) is 13.8 Å². The van der Waals surface area contributed by atoms with Crippen molar-refractivity contribution >= 4 is 32.2 Å². The third kappa shape index (κ3) is 4.27. The summed E-state index contributed by atoms with van der Waals surface area (Å²) in [7, 11) is -4.09. The van der Waals surface area contributed by atoms with E-state index in [1.54, 1.807) is 0 Å². The number of hydrogen-bond donors (Lipinski definition) is 0. The van der Waals surface area contributed by atoms with Gasteiger partial charge in [0, 0.05) is 26.2 Å². The topological polar surface area (TPSA) is 74.8 Å². The van der Waals surface area contributed by atoms with E-state index >= 15 is 0 Å². The third-order valence-corrected chi connectivity index (χ3v) is 6.99.